The maximum atomic E-state index is 8.26. The molecule has 0 saturated carbocycles. The zero-order valence-corrected chi connectivity index (χ0v) is 6.86. The van der Waals surface area contributed by atoms with E-state index in [1.165, 1.54) is 0 Å². The van der Waals surface area contributed by atoms with Gasteiger partial charge in [-0.2, -0.15) is 0 Å². The van der Waals surface area contributed by atoms with E-state index < -0.39 is 0 Å². The first-order chi connectivity index (χ1) is 5.86. The summed E-state index contributed by atoms with van der Waals surface area (Å²) in [4.78, 5) is 0. The van der Waals surface area contributed by atoms with Gasteiger partial charge in [0.1, 0.15) is 5.75 Å². The molecule has 0 bridgehead atoms. The molecule has 0 atom stereocenters. The SMILES string of the molecule is COc1ccc(CO[B]O)cc1. The van der Waals surface area contributed by atoms with Gasteiger partial charge in [0.2, 0.25) is 0 Å². The van der Waals surface area contributed by atoms with Gasteiger partial charge in [-0.25, -0.2) is 0 Å². The molecule has 0 saturated heterocycles. The fourth-order valence-corrected chi connectivity index (χ4v) is 0.855. The lowest BCUT2D eigenvalue weighted by Gasteiger charge is -2.02. The Balaban J connectivity index is 2.53. The second-order valence-electron chi connectivity index (χ2n) is 2.26. The fraction of sp³-hybridized carbons (Fsp3) is 0.250. The predicted octanol–water partition coefficient (Wildman–Crippen LogP) is 0.738. The van der Waals surface area contributed by atoms with Crippen LogP contribution >= 0.6 is 0 Å². The zero-order chi connectivity index (χ0) is 8.81. The molecule has 1 N–H and O–H groups in total. The Labute approximate surface area is 72.2 Å². The molecule has 1 rings (SSSR count). The largest absolute Gasteiger partial charge is 0.497 e. The van der Waals surface area contributed by atoms with Crippen molar-refractivity contribution in [2.75, 3.05) is 7.11 Å². The van der Waals surface area contributed by atoms with E-state index in [-0.39, 0.29) is 0 Å². The van der Waals surface area contributed by atoms with Gasteiger partial charge >= 0.3 is 7.69 Å². The van der Waals surface area contributed by atoms with Crippen LogP contribution in [0.5, 0.6) is 5.75 Å². The van der Waals surface area contributed by atoms with Gasteiger partial charge in [-0.1, -0.05) is 12.1 Å². The third-order valence-corrected chi connectivity index (χ3v) is 1.48. The topological polar surface area (TPSA) is 38.7 Å². The quantitative estimate of drug-likeness (QED) is 0.668. The Morgan fingerprint density at radius 2 is 2.00 bits per heavy atom. The number of ether oxygens (including phenoxy) is 1. The lowest BCUT2D eigenvalue weighted by Crippen LogP contribution is -1.97. The molecule has 12 heavy (non-hydrogen) atoms. The van der Waals surface area contributed by atoms with Gasteiger partial charge in [0.05, 0.1) is 13.7 Å². The number of rotatable bonds is 4. The van der Waals surface area contributed by atoms with Gasteiger partial charge in [0.25, 0.3) is 0 Å². The number of benzene rings is 1. The molecular weight excluding hydrogens is 155 g/mol. The van der Waals surface area contributed by atoms with Crippen LogP contribution in [0.4, 0.5) is 0 Å². The van der Waals surface area contributed by atoms with Crippen molar-refractivity contribution in [1.82, 2.24) is 0 Å². The highest BCUT2D eigenvalue weighted by atomic mass is 16.5. The van der Waals surface area contributed by atoms with Crippen LogP contribution in [-0.4, -0.2) is 19.8 Å². The van der Waals surface area contributed by atoms with Gasteiger partial charge in [0.15, 0.2) is 0 Å². The average Bonchev–Trinajstić information content (AvgIpc) is 2.15. The fourth-order valence-electron chi connectivity index (χ4n) is 0.855. The monoisotopic (exact) mass is 165 g/mol. The number of methoxy groups -OCH3 is 1. The molecule has 0 amide bonds. The molecular formula is C8H10BO3. The van der Waals surface area contributed by atoms with Gasteiger partial charge in [-0.05, 0) is 17.7 Å². The minimum atomic E-state index is 0.375. The van der Waals surface area contributed by atoms with Crippen LogP contribution in [0.25, 0.3) is 0 Å². The standard InChI is InChI=1S/C8H10BO3/c1-11-8-4-2-7(3-5-8)6-12-9-10/h2-5,10H,6H2,1H3. The highest BCUT2D eigenvalue weighted by Gasteiger charge is 1.94. The number of hydrogen-bond donors (Lipinski definition) is 1. The van der Waals surface area contributed by atoms with E-state index in [1.54, 1.807) is 7.11 Å². The summed E-state index contributed by atoms with van der Waals surface area (Å²) in [5.41, 5.74) is 0.987. The maximum absolute atomic E-state index is 8.26. The van der Waals surface area contributed by atoms with Crippen LogP contribution in [-0.2, 0) is 11.3 Å². The summed E-state index contributed by atoms with van der Waals surface area (Å²) in [5, 5.41) is 8.26. The van der Waals surface area contributed by atoms with Gasteiger partial charge < -0.3 is 14.4 Å². The first kappa shape index (κ1) is 9.10. The summed E-state index contributed by atoms with van der Waals surface area (Å²) in [5.74, 6) is 0.812. The van der Waals surface area contributed by atoms with Crippen molar-refractivity contribution in [3.05, 3.63) is 29.8 Å². The van der Waals surface area contributed by atoms with E-state index in [4.69, 9.17) is 9.76 Å². The van der Waals surface area contributed by atoms with E-state index in [0.717, 1.165) is 11.3 Å². The molecule has 0 spiro atoms. The summed E-state index contributed by atoms with van der Waals surface area (Å²) in [6, 6.07) is 7.44. The highest BCUT2D eigenvalue weighted by molar-refractivity contribution is 6.15. The van der Waals surface area contributed by atoms with Crippen molar-refractivity contribution in [2.24, 2.45) is 0 Å². The summed E-state index contributed by atoms with van der Waals surface area (Å²) < 4.78 is 9.66. The highest BCUT2D eigenvalue weighted by Crippen LogP contribution is 2.11. The lowest BCUT2D eigenvalue weighted by molar-refractivity contribution is 0.273. The smallest absolute Gasteiger partial charge is 0.485 e. The summed E-state index contributed by atoms with van der Waals surface area (Å²) >= 11 is 0. The van der Waals surface area contributed by atoms with Crippen LogP contribution in [0.1, 0.15) is 5.56 Å². The molecule has 63 valence electrons. The molecule has 0 aliphatic rings. The molecule has 4 heteroatoms. The van der Waals surface area contributed by atoms with Crippen molar-refractivity contribution in [3.8, 4) is 5.75 Å². The Morgan fingerprint density at radius 1 is 1.33 bits per heavy atom. The first-order valence-corrected chi connectivity index (χ1v) is 3.57. The third kappa shape index (κ3) is 2.56. The van der Waals surface area contributed by atoms with E-state index >= 15 is 0 Å². The van der Waals surface area contributed by atoms with Crippen LogP contribution in [0.15, 0.2) is 24.3 Å². The second kappa shape index (κ2) is 4.80. The zero-order valence-electron chi connectivity index (χ0n) is 6.86. The molecule has 0 aromatic heterocycles. The molecule has 1 aromatic rings. The molecule has 0 unspecified atom stereocenters. The second-order valence-corrected chi connectivity index (χ2v) is 2.26. The van der Waals surface area contributed by atoms with Crippen LogP contribution in [0.2, 0.25) is 0 Å². The molecule has 0 fully saturated rings. The van der Waals surface area contributed by atoms with Gasteiger partial charge in [-0.3, -0.25) is 0 Å². The van der Waals surface area contributed by atoms with E-state index in [2.05, 4.69) is 4.65 Å². The van der Waals surface area contributed by atoms with Crippen LogP contribution in [0, 0.1) is 0 Å². The molecule has 0 aliphatic heterocycles. The summed E-state index contributed by atoms with van der Waals surface area (Å²) in [6.07, 6.45) is 0. The molecule has 1 aromatic carbocycles. The first-order valence-electron chi connectivity index (χ1n) is 3.57. The number of hydrogen-bond acceptors (Lipinski definition) is 3. The van der Waals surface area contributed by atoms with Crippen molar-refractivity contribution >= 4 is 7.69 Å². The van der Waals surface area contributed by atoms with Crippen molar-refractivity contribution in [3.63, 3.8) is 0 Å². The molecule has 3 nitrogen and oxygen atoms in total. The Kier molecular flexibility index (Phi) is 3.64. The maximum Gasteiger partial charge on any atom is 0.485 e. The van der Waals surface area contributed by atoms with Gasteiger partial charge in [-0.15, -0.1) is 0 Å². The van der Waals surface area contributed by atoms with Crippen LogP contribution < -0.4 is 4.74 Å². The van der Waals surface area contributed by atoms with Crippen molar-refractivity contribution < 1.29 is 14.4 Å². The van der Waals surface area contributed by atoms with Crippen molar-refractivity contribution in [1.29, 1.82) is 0 Å². The van der Waals surface area contributed by atoms with Crippen LogP contribution in [0.3, 0.4) is 0 Å². The Bertz CT molecular complexity index is 222. The molecule has 0 aliphatic carbocycles. The minimum Gasteiger partial charge on any atom is -0.497 e. The third-order valence-electron chi connectivity index (χ3n) is 1.48. The van der Waals surface area contributed by atoms with E-state index in [9.17, 15) is 0 Å². The molecule has 0 heterocycles. The molecule has 1 radical (unpaired) electrons. The van der Waals surface area contributed by atoms with E-state index in [1.807, 2.05) is 24.3 Å². The lowest BCUT2D eigenvalue weighted by atomic mass is 10.2. The summed E-state index contributed by atoms with van der Waals surface area (Å²) in [6.45, 7) is 0.375. The average molecular weight is 165 g/mol. The van der Waals surface area contributed by atoms with E-state index in [0.29, 0.717) is 14.3 Å². The normalized spacial score (nSPS) is 9.50. The predicted molar refractivity (Wildman–Crippen MR) is 45.8 cm³/mol. The Morgan fingerprint density at radius 3 is 2.50 bits per heavy atom. The van der Waals surface area contributed by atoms with Crippen molar-refractivity contribution in [2.45, 2.75) is 6.61 Å². The minimum absolute atomic E-state index is 0.375. The summed E-state index contributed by atoms with van der Waals surface area (Å²) in [7, 11) is 2.30. The van der Waals surface area contributed by atoms with Gasteiger partial charge in [0, 0.05) is 0 Å². The Hall–Kier alpha value is -0.995.